The van der Waals surface area contributed by atoms with Crippen LogP contribution in [-0.2, 0) is 72.5 Å². The van der Waals surface area contributed by atoms with Crippen molar-refractivity contribution >= 4 is 135 Å². The molecule has 0 bridgehead atoms. The Morgan fingerprint density at radius 2 is 0.659 bits per heavy atom. The molecule has 0 saturated carbocycles. The highest BCUT2D eigenvalue weighted by molar-refractivity contribution is 7.99. The molecule has 0 spiro atoms. The molecule has 664 valence electrons. The molecule has 0 radical (unpaired) electrons. The molecule has 0 atom stereocenters. The van der Waals surface area contributed by atoms with Crippen LogP contribution < -0.4 is 30.7 Å². The van der Waals surface area contributed by atoms with Crippen LogP contribution in [0.3, 0.4) is 0 Å². The van der Waals surface area contributed by atoms with Gasteiger partial charge in [0.05, 0.1) is 33.9 Å². The Hall–Kier alpha value is -10.8. The third kappa shape index (κ3) is 27.9. The molecule has 126 heavy (non-hydrogen) atoms. The molecule has 3 saturated heterocycles. The van der Waals surface area contributed by atoms with Gasteiger partial charge in [0.1, 0.15) is 0 Å². The van der Waals surface area contributed by atoms with Crippen LogP contribution in [0.5, 0.6) is 0 Å². The molecule has 6 N–H and O–H groups in total. The molecule has 10 aromatic rings. The Labute approximate surface area is 752 Å². The normalized spacial score (nSPS) is 14.3. The second-order valence-electron chi connectivity index (χ2n) is 32.8. The van der Waals surface area contributed by atoms with Gasteiger partial charge in [-0.3, -0.25) is 14.4 Å². The number of hydrogen-bond donors (Lipinski definition) is 6. The first kappa shape index (κ1) is 95.8. The summed E-state index contributed by atoms with van der Waals surface area (Å²) >= 11 is 4.09. The summed E-state index contributed by atoms with van der Waals surface area (Å²) in [6.07, 6.45) is 0.732. The van der Waals surface area contributed by atoms with Crippen LogP contribution in [0.4, 0.5) is 34.1 Å². The summed E-state index contributed by atoms with van der Waals surface area (Å²) in [5, 5.41) is 38.3. The maximum Gasteiger partial charge on any atom is 0.336 e. The van der Waals surface area contributed by atoms with E-state index >= 15 is 0 Å². The summed E-state index contributed by atoms with van der Waals surface area (Å²) in [5.74, 6) is -3.79. The largest absolute Gasteiger partial charge is 0.478 e. The summed E-state index contributed by atoms with van der Waals surface area (Å²) in [5.41, 5.74) is 11.2. The molecule has 24 nitrogen and oxygen atoms in total. The zero-order valence-corrected chi connectivity index (χ0v) is 76.7. The Morgan fingerprint density at radius 1 is 0.341 bits per heavy atom. The summed E-state index contributed by atoms with van der Waals surface area (Å²) in [4.78, 5) is 81.9. The Kier molecular flexibility index (Phi) is 33.5. The number of amides is 3. The zero-order valence-electron chi connectivity index (χ0n) is 71.8. The minimum Gasteiger partial charge on any atom is -0.478 e. The molecule has 0 aromatic heterocycles. The van der Waals surface area contributed by atoms with Gasteiger partial charge in [-0.1, -0.05) is 181 Å². The van der Waals surface area contributed by atoms with Crippen molar-refractivity contribution in [1.29, 1.82) is 0 Å². The number of benzene rings is 10. The highest BCUT2D eigenvalue weighted by Crippen LogP contribution is 2.38. The number of anilines is 6. The number of carbonyl (C=O) groups excluding carboxylic acids is 3. The van der Waals surface area contributed by atoms with Gasteiger partial charge < -0.3 is 46.0 Å². The van der Waals surface area contributed by atoms with E-state index in [1.54, 1.807) is 48.5 Å². The van der Waals surface area contributed by atoms with E-state index < -0.39 is 53.7 Å². The number of hydrogen-bond acceptors (Lipinski definition) is 18. The number of nitrogens with one attached hydrogen (secondary N) is 3. The molecule has 3 aliphatic rings. The van der Waals surface area contributed by atoms with Gasteiger partial charge in [-0.25, -0.2) is 39.6 Å². The van der Waals surface area contributed by atoms with E-state index in [0.29, 0.717) is 116 Å². The fourth-order valence-corrected chi connectivity index (χ4v) is 22.0. The maximum absolute atomic E-state index is 13.8. The van der Waals surface area contributed by atoms with Crippen molar-refractivity contribution in [2.24, 2.45) is 0 Å². The van der Waals surface area contributed by atoms with E-state index in [9.17, 15) is 69.3 Å². The van der Waals surface area contributed by atoms with Crippen molar-refractivity contribution in [1.82, 2.24) is 12.9 Å². The number of piperazine rings is 3. The van der Waals surface area contributed by atoms with Crippen molar-refractivity contribution in [2.75, 3.05) is 126 Å². The van der Waals surface area contributed by atoms with Gasteiger partial charge in [0.25, 0.3) is 0 Å². The van der Waals surface area contributed by atoms with Gasteiger partial charge >= 0.3 is 17.9 Å². The van der Waals surface area contributed by atoms with Gasteiger partial charge in [-0.05, 0) is 166 Å². The summed E-state index contributed by atoms with van der Waals surface area (Å²) in [6, 6.07) is 74.8. The topological polar surface area (TPSA) is 321 Å². The first-order chi connectivity index (χ1) is 60.0. The second kappa shape index (κ2) is 44.1. The van der Waals surface area contributed by atoms with Crippen molar-refractivity contribution in [3.63, 3.8) is 0 Å². The van der Waals surface area contributed by atoms with Gasteiger partial charge in [-0.15, -0.1) is 35.3 Å². The number of para-hydroxylation sites is 4. The lowest BCUT2D eigenvalue weighted by molar-refractivity contribution is -0.116. The van der Waals surface area contributed by atoms with Crippen LogP contribution in [0, 0.1) is 6.92 Å². The van der Waals surface area contributed by atoms with Crippen molar-refractivity contribution in [3.8, 4) is 11.1 Å². The quantitative estimate of drug-likeness (QED) is 0.0220. The Morgan fingerprint density at radius 3 is 0.992 bits per heavy atom. The third-order valence-electron chi connectivity index (χ3n) is 21.6. The lowest BCUT2D eigenvalue weighted by Crippen LogP contribution is -2.49. The number of aryl methyl sites for hydroxylation is 1. The Bertz CT molecular complexity index is 5770. The summed E-state index contributed by atoms with van der Waals surface area (Å²) < 4.78 is 84.7. The van der Waals surface area contributed by atoms with Gasteiger partial charge in [-0.2, -0.15) is 12.9 Å². The Balaban J connectivity index is 0.000000185. The smallest absolute Gasteiger partial charge is 0.336 e. The van der Waals surface area contributed by atoms with Gasteiger partial charge in [0, 0.05) is 164 Å². The molecular formula is C96H109N9O15S6. The standard InChI is InChI=1S/C38H43N3O5S2.C31H37N3O5S2.C27H29N3O5S2/c1-27-9-8-10-28(23-27)33-24-29(34(37(43)44)25-35(33)47-22-17-36(42)39-31-11-6-5-7-12-31)26-48(45,46)41-20-18-40(19-21-41)32-15-13-30(14-16-32)38(2,3)4;1-31(2,3)24-10-12-26(13-11-24)33-16-18-34(19-17-33)41(38,39)22-23-9-14-27(21-28(23)30(36)37)40-20-15-29(35)32-25-7-5-4-6-8-25;31-26(28-22-7-3-1-4-8-22)13-18-36-24-12-11-21(25(19-24)27(32)33)20-37(34,35)30-16-14-29(15-17-30)23-9-5-2-6-10-23/h5-16,23-25H,17-22,26H2,1-4H3,(H,39,42)(H,43,44);4-14,21H,15-20,22H2,1-3H3,(H,32,35)(H,36,37);1-12,19H,13-18,20H2,(H,28,31)(H,32,33). The molecule has 0 aliphatic carbocycles. The van der Waals surface area contributed by atoms with Crippen LogP contribution in [0.15, 0.2) is 257 Å². The van der Waals surface area contributed by atoms with E-state index in [-0.39, 0.29) is 92.7 Å². The molecule has 10 aromatic carbocycles. The van der Waals surface area contributed by atoms with Crippen molar-refractivity contribution in [2.45, 2.75) is 111 Å². The average molecular weight is 1820 g/mol. The lowest BCUT2D eigenvalue weighted by Gasteiger charge is -2.35. The number of thioether (sulfide) groups is 3. The number of carbonyl (C=O) groups is 6. The van der Waals surface area contributed by atoms with E-state index in [1.807, 2.05) is 140 Å². The predicted octanol–water partition coefficient (Wildman–Crippen LogP) is 17.0. The van der Waals surface area contributed by atoms with Gasteiger partial charge in [0.15, 0.2) is 0 Å². The molecule has 3 aliphatic heterocycles. The van der Waals surface area contributed by atoms with Gasteiger partial charge in [0.2, 0.25) is 47.8 Å². The molecule has 3 fully saturated rings. The van der Waals surface area contributed by atoms with E-state index in [1.165, 1.54) is 71.5 Å². The van der Waals surface area contributed by atoms with Crippen LogP contribution in [0.1, 0.15) is 125 Å². The third-order valence-corrected chi connectivity index (χ3v) is 30.1. The fourth-order valence-electron chi connectivity index (χ4n) is 14.6. The molecular weight excluding hydrogens is 1710 g/mol. The highest BCUT2D eigenvalue weighted by atomic mass is 32.2. The summed E-state index contributed by atoms with van der Waals surface area (Å²) in [7, 11) is -11.2. The number of aromatic carboxylic acids is 3. The molecule has 0 unspecified atom stereocenters. The maximum atomic E-state index is 13.8. The minimum atomic E-state index is -3.82. The molecule has 30 heteroatoms. The zero-order chi connectivity index (χ0) is 90.4. The fraction of sp³-hybridized carbons (Fsp3) is 0.312. The van der Waals surface area contributed by atoms with Crippen LogP contribution in [0.2, 0.25) is 0 Å². The van der Waals surface area contributed by atoms with E-state index in [0.717, 1.165) is 45.1 Å². The van der Waals surface area contributed by atoms with E-state index in [4.69, 9.17) is 0 Å². The van der Waals surface area contributed by atoms with Crippen molar-refractivity contribution in [3.05, 3.63) is 293 Å². The molecule has 13 rings (SSSR count). The first-order valence-corrected chi connectivity index (χ1v) is 49.4. The van der Waals surface area contributed by atoms with Crippen LogP contribution >= 0.6 is 35.3 Å². The number of carboxylic acid groups (broad SMARTS) is 3. The number of sulfonamides is 3. The van der Waals surface area contributed by atoms with E-state index in [2.05, 4.69) is 121 Å². The number of rotatable bonds is 31. The minimum absolute atomic E-state index is 0.0368. The van der Waals surface area contributed by atoms with Crippen LogP contribution in [0.25, 0.3) is 11.1 Å². The average Bonchev–Trinajstić information content (AvgIpc) is 0.930. The van der Waals surface area contributed by atoms with Crippen LogP contribution in [-0.4, -0.2) is 185 Å². The lowest BCUT2D eigenvalue weighted by atomic mass is 9.87. The number of nitrogens with zero attached hydrogens (tertiary/aromatic N) is 6. The number of carboxylic acids is 3. The summed E-state index contributed by atoms with van der Waals surface area (Å²) in [6.45, 7) is 20.3. The second-order valence-corrected chi connectivity index (χ2v) is 42.2. The first-order valence-electron chi connectivity index (χ1n) is 41.6. The highest BCUT2D eigenvalue weighted by Gasteiger charge is 2.34. The molecule has 3 heterocycles. The SMILES string of the molecule is CC(C)(C)c1ccc(N2CCN(S(=O)(=O)Cc3ccc(SCCC(=O)Nc4ccccc4)cc3C(=O)O)CC2)cc1.Cc1cccc(-c2cc(CS(=O)(=O)N3CCN(c4ccc(C(C)(C)C)cc4)CC3)c(C(=O)O)cc2SCCC(=O)Nc2ccccc2)c1.O=C(CCSc1ccc(CS(=O)(=O)N2CCN(c3ccccc3)CC2)c(C(=O)O)c1)Nc1ccccc1. The predicted molar refractivity (Wildman–Crippen MR) is 508 cm³/mol. The molecule has 3 amide bonds. The van der Waals surface area contributed by atoms with Crippen molar-refractivity contribution < 1.29 is 69.3 Å². The monoisotopic (exact) mass is 1820 g/mol.